The average Bonchev–Trinajstić information content (AvgIpc) is 2.26. The van der Waals surface area contributed by atoms with Gasteiger partial charge in [0.15, 0.2) is 0 Å². The minimum atomic E-state index is -1.03. The van der Waals surface area contributed by atoms with Crippen LogP contribution in [0, 0.1) is 0 Å². The summed E-state index contributed by atoms with van der Waals surface area (Å²) in [6.07, 6.45) is -0.307. The maximum absolute atomic E-state index is 10.3. The summed E-state index contributed by atoms with van der Waals surface area (Å²) in [6, 6.07) is 7.51. The van der Waals surface area contributed by atoms with E-state index in [1.54, 1.807) is 0 Å². The molecular formula is C12H16O4. The molecule has 0 amide bonds. The molecule has 0 spiro atoms. The zero-order chi connectivity index (χ0) is 12.0. The lowest BCUT2D eigenvalue weighted by Gasteiger charge is -2.10. The number of rotatable bonds is 6. The van der Waals surface area contributed by atoms with Gasteiger partial charge >= 0.3 is 5.97 Å². The van der Waals surface area contributed by atoms with Gasteiger partial charge in [-0.05, 0) is 24.1 Å². The minimum Gasteiger partial charge on any atom is -0.491 e. The van der Waals surface area contributed by atoms with Gasteiger partial charge < -0.3 is 14.9 Å². The predicted octanol–water partition coefficient (Wildman–Crippen LogP) is 1.46. The summed E-state index contributed by atoms with van der Waals surface area (Å²) in [5.41, 5.74) is 1.21. The fourth-order valence-electron chi connectivity index (χ4n) is 1.27. The molecule has 1 rings (SSSR count). The molecule has 0 aliphatic heterocycles. The van der Waals surface area contributed by atoms with Gasteiger partial charge in [-0.2, -0.15) is 0 Å². The Balaban J connectivity index is 2.39. The summed E-state index contributed by atoms with van der Waals surface area (Å²) in [7, 11) is 0. The fourth-order valence-corrected chi connectivity index (χ4v) is 1.27. The number of aliphatic hydroxyl groups is 1. The Bertz CT molecular complexity index is 331. The standard InChI is InChI=1S/C12H16O4/c1-2-9-3-5-11(6-4-9)16-8-10(13)7-12(14)15/h3-6,10,13H,2,7-8H2,1H3,(H,14,15). The normalized spacial score (nSPS) is 12.1. The maximum atomic E-state index is 10.3. The number of hydrogen-bond acceptors (Lipinski definition) is 3. The summed E-state index contributed by atoms with van der Waals surface area (Å²) in [5.74, 6) is -0.390. The number of carbonyl (C=O) groups is 1. The highest BCUT2D eigenvalue weighted by Crippen LogP contribution is 2.12. The fraction of sp³-hybridized carbons (Fsp3) is 0.417. The SMILES string of the molecule is CCc1ccc(OCC(O)CC(=O)O)cc1. The largest absolute Gasteiger partial charge is 0.491 e. The molecule has 1 atom stereocenters. The van der Waals surface area contributed by atoms with E-state index < -0.39 is 12.1 Å². The van der Waals surface area contributed by atoms with Gasteiger partial charge in [-0.15, -0.1) is 0 Å². The zero-order valence-corrected chi connectivity index (χ0v) is 9.22. The molecule has 0 bridgehead atoms. The van der Waals surface area contributed by atoms with Crippen LogP contribution in [0.5, 0.6) is 5.75 Å². The van der Waals surface area contributed by atoms with E-state index in [1.807, 2.05) is 24.3 Å². The van der Waals surface area contributed by atoms with Crippen LogP contribution < -0.4 is 4.74 Å². The van der Waals surface area contributed by atoms with E-state index in [9.17, 15) is 9.90 Å². The van der Waals surface area contributed by atoms with Crippen molar-refractivity contribution in [1.29, 1.82) is 0 Å². The van der Waals surface area contributed by atoms with E-state index in [4.69, 9.17) is 9.84 Å². The van der Waals surface area contributed by atoms with Gasteiger partial charge in [0.25, 0.3) is 0 Å². The van der Waals surface area contributed by atoms with E-state index in [2.05, 4.69) is 6.92 Å². The highest BCUT2D eigenvalue weighted by molar-refractivity contribution is 5.67. The molecule has 88 valence electrons. The van der Waals surface area contributed by atoms with Crippen LogP contribution in [0.3, 0.4) is 0 Å². The lowest BCUT2D eigenvalue weighted by molar-refractivity contribution is -0.139. The Morgan fingerprint density at radius 3 is 2.50 bits per heavy atom. The number of carboxylic acid groups (broad SMARTS) is 1. The summed E-state index contributed by atoms with van der Waals surface area (Å²) >= 11 is 0. The quantitative estimate of drug-likeness (QED) is 0.767. The highest BCUT2D eigenvalue weighted by Gasteiger charge is 2.09. The zero-order valence-electron chi connectivity index (χ0n) is 9.22. The molecule has 16 heavy (non-hydrogen) atoms. The summed E-state index contributed by atoms with van der Waals surface area (Å²) in [5, 5.41) is 17.7. The molecule has 1 aromatic rings. The van der Waals surface area contributed by atoms with Crippen LogP contribution in [0.1, 0.15) is 18.9 Å². The predicted molar refractivity (Wildman–Crippen MR) is 59.6 cm³/mol. The number of benzene rings is 1. The third-order valence-corrected chi connectivity index (χ3v) is 2.18. The number of aliphatic carboxylic acids is 1. The molecule has 0 aliphatic carbocycles. The monoisotopic (exact) mass is 224 g/mol. The lowest BCUT2D eigenvalue weighted by atomic mass is 10.2. The Labute approximate surface area is 94.5 Å². The number of hydrogen-bond donors (Lipinski definition) is 2. The number of carboxylic acids is 1. The number of ether oxygens (including phenoxy) is 1. The van der Waals surface area contributed by atoms with Crippen molar-refractivity contribution in [3.8, 4) is 5.75 Å². The first kappa shape index (κ1) is 12.5. The molecular weight excluding hydrogens is 208 g/mol. The molecule has 1 unspecified atom stereocenters. The van der Waals surface area contributed by atoms with E-state index in [0.717, 1.165) is 6.42 Å². The van der Waals surface area contributed by atoms with E-state index in [1.165, 1.54) is 5.56 Å². The lowest BCUT2D eigenvalue weighted by Crippen LogP contribution is -2.21. The molecule has 0 aliphatic rings. The second kappa shape index (κ2) is 6.12. The topological polar surface area (TPSA) is 66.8 Å². The smallest absolute Gasteiger partial charge is 0.306 e. The van der Waals surface area contributed by atoms with Gasteiger partial charge in [-0.3, -0.25) is 4.79 Å². The van der Waals surface area contributed by atoms with E-state index >= 15 is 0 Å². The van der Waals surface area contributed by atoms with Crippen molar-refractivity contribution in [3.63, 3.8) is 0 Å². The third kappa shape index (κ3) is 4.31. The maximum Gasteiger partial charge on any atom is 0.306 e. The van der Waals surface area contributed by atoms with Crippen LogP contribution in [0.15, 0.2) is 24.3 Å². The van der Waals surface area contributed by atoms with Gasteiger partial charge in [0, 0.05) is 0 Å². The minimum absolute atomic E-state index is 0.00221. The van der Waals surface area contributed by atoms with Gasteiger partial charge in [0.1, 0.15) is 12.4 Å². The van der Waals surface area contributed by atoms with Crippen molar-refractivity contribution in [1.82, 2.24) is 0 Å². The summed E-state index contributed by atoms with van der Waals surface area (Å²) in [6.45, 7) is 2.06. The van der Waals surface area contributed by atoms with Crippen molar-refractivity contribution < 1.29 is 19.7 Å². The second-order valence-electron chi connectivity index (χ2n) is 3.56. The molecule has 0 saturated heterocycles. The van der Waals surface area contributed by atoms with E-state index in [-0.39, 0.29) is 13.0 Å². The first-order valence-corrected chi connectivity index (χ1v) is 5.23. The molecule has 4 heteroatoms. The summed E-state index contributed by atoms with van der Waals surface area (Å²) in [4.78, 5) is 10.3. The molecule has 0 saturated carbocycles. The van der Waals surface area contributed by atoms with Crippen molar-refractivity contribution in [2.24, 2.45) is 0 Å². The molecule has 0 radical (unpaired) electrons. The number of aliphatic hydroxyl groups excluding tert-OH is 1. The van der Waals surface area contributed by atoms with Crippen molar-refractivity contribution in [2.45, 2.75) is 25.9 Å². The molecule has 0 aromatic heterocycles. The van der Waals surface area contributed by atoms with Crippen LogP contribution in [0.2, 0.25) is 0 Å². The van der Waals surface area contributed by atoms with Crippen molar-refractivity contribution >= 4 is 5.97 Å². The van der Waals surface area contributed by atoms with Crippen LogP contribution >= 0.6 is 0 Å². The Kier molecular flexibility index (Phi) is 4.79. The molecule has 1 aromatic carbocycles. The Morgan fingerprint density at radius 2 is 2.00 bits per heavy atom. The van der Waals surface area contributed by atoms with Crippen LogP contribution in [0.4, 0.5) is 0 Å². The first-order valence-electron chi connectivity index (χ1n) is 5.23. The Morgan fingerprint density at radius 1 is 1.38 bits per heavy atom. The second-order valence-corrected chi connectivity index (χ2v) is 3.56. The molecule has 0 fully saturated rings. The van der Waals surface area contributed by atoms with Crippen molar-refractivity contribution in [3.05, 3.63) is 29.8 Å². The molecule has 2 N–H and O–H groups in total. The molecule has 4 nitrogen and oxygen atoms in total. The average molecular weight is 224 g/mol. The number of aryl methyl sites for hydroxylation is 1. The third-order valence-electron chi connectivity index (χ3n) is 2.18. The van der Waals surface area contributed by atoms with E-state index in [0.29, 0.717) is 5.75 Å². The summed E-state index contributed by atoms with van der Waals surface area (Å²) < 4.78 is 5.25. The van der Waals surface area contributed by atoms with Gasteiger partial charge in [-0.1, -0.05) is 19.1 Å². The van der Waals surface area contributed by atoms with Crippen LogP contribution in [-0.4, -0.2) is 28.9 Å². The van der Waals surface area contributed by atoms with Gasteiger partial charge in [0.05, 0.1) is 12.5 Å². The van der Waals surface area contributed by atoms with Gasteiger partial charge in [0.2, 0.25) is 0 Å². The molecule has 0 heterocycles. The first-order chi connectivity index (χ1) is 7.61. The van der Waals surface area contributed by atoms with Gasteiger partial charge in [-0.25, -0.2) is 0 Å². The van der Waals surface area contributed by atoms with Crippen LogP contribution in [-0.2, 0) is 11.2 Å². The highest BCUT2D eigenvalue weighted by atomic mass is 16.5. The van der Waals surface area contributed by atoms with Crippen LogP contribution in [0.25, 0.3) is 0 Å². The Hall–Kier alpha value is -1.55. The van der Waals surface area contributed by atoms with Crippen molar-refractivity contribution in [2.75, 3.05) is 6.61 Å².